The molecular formula is C15H17NO3. The van der Waals surface area contributed by atoms with Gasteiger partial charge in [0, 0.05) is 12.8 Å². The van der Waals surface area contributed by atoms with Gasteiger partial charge in [-0.1, -0.05) is 30.3 Å². The first-order valence-electron chi connectivity index (χ1n) is 6.77. The summed E-state index contributed by atoms with van der Waals surface area (Å²) in [6, 6.07) is 9.88. The van der Waals surface area contributed by atoms with Crippen LogP contribution in [-0.4, -0.2) is 29.5 Å². The molecular weight excluding hydrogens is 242 g/mol. The summed E-state index contributed by atoms with van der Waals surface area (Å²) in [6.45, 7) is 0.388. The number of nitrogens with zero attached hydrogens (tertiary/aromatic N) is 1. The van der Waals surface area contributed by atoms with Crippen molar-refractivity contribution in [3.8, 4) is 0 Å². The second-order valence-electron chi connectivity index (χ2n) is 5.35. The average molecular weight is 259 g/mol. The van der Waals surface area contributed by atoms with Gasteiger partial charge in [-0.15, -0.1) is 0 Å². The molecule has 1 aromatic carbocycles. The lowest BCUT2D eigenvalue weighted by Gasteiger charge is -2.10. The van der Waals surface area contributed by atoms with Gasteiger partial charge < -0.3 is 4.74 Å². The number of hydrogen-bond donors (Lipinski definition) is 0. The number of cyclic esters (lactones) is 1. The van der Waals surface area contributed by atoms with Gasteiger partial charge in [0.2, 0.25) is 5.91 Å². The molecule has 0 aromatic heterocycles. The Labute approximate surface area is 112 Å². The van der Waals surface area contributed by atoms with E-state index < -0.39 is 6.09 Å². The molecule has 0 N–H and O–H groups in total. The van der Waals surface area contributed by atoms with Gasteiger partial charge in [-0.05, 0) is 24.3 Å². The second-order valence-corrected chi connectivity index (χ2v) is 5.35. The van der Waals surface area contributed by atoms with Crippen molar-refractivity contribution in [2.75, 3.05) is 6.54 Å². The maximum absolute atomic E-state index is 11.9. The fraction of sp³-hybridized carbons (Fsp3) is 0.467. The molecule has 3 rings (SSSR count). The van der Waals surface area contributed by atoms with Gasteiger partial charge >= 0.3 is 6.09 Å². The van der Waals surface area contributed by atoms with Gasteiger partial charge in [-0.3, -0.25) is 4.79 Å². The quantitative estimate of drug-likeness (QED) is 0.834. The molecule has 1 aliphatic carbocycles. The van der Waals surface area contributed by atoms with E-state index in [9.17, 15) is 9.59 Å². The molecule has 19 heavy (non-hydrogen) atoms. The standard InChI is InChI=1S/C15H17NO3/c17-14(9-12-6-7-12)16-10-13(19-15(16)18)8-11-4-2-1-3-5-11/h1-5,12-13H,6-10H2/t13-/m0/s1. The van der Waals surface area contributed by atoms with Crippen LogP contribution >= 0.6 is 0 Å². The molecule has 4 heteroatoms. The van der Waals surface area contributed by atoms with Crippen LogP contribution in [0.4, 0.5) is 4.79 Å². The van der Waals surface area contributed by atoms with Crippen LogP contribution in [0.2, 0.25) is 0 Å². The van der Waals surface area contributed by atoms with Crippen LogP contribution in [0.1, 0.15) is 24.8 Å². The number of carbonyl (C=O) groups excluding carboxylic acids is 2. The monoisotopic (exact) mass is 259 g/mol. The van der Waals surface area contributed by atoms with Crippen molar-refractivity contribution in [3.05, 3.63) is 35.9 Å². The fourth-order valence-corrected chi connectivity index (χ4v) is 2.39. The first-order chi connectivity index (χ1) is 9.22. The highest BCUT2D eigenvalue weighted by Crippen LogP contribution is 2.33. The number of amides is 2. The summed E-state index contributed by atoms with van der Waals surface area (Å²) < 4.78 is 5.27. The summed E-state index contributed by atoms with van der Waals surface area (Å²) in [6.07, 6.45) is 2.70. The van der Waals surface area contributed by atoms with Crippen molar-refractivity contribution in [2.24, 2.45) is 5.92 Å². The van der Waals surface area contributed by atoms with Crippen LogP contribution in [0.15, 0.2) is 30.3 Å². The molecule has 1 aromatic rings. The van der Waals surface area contributed by atoms with E-state index in [-0.39, 0.29) is 12.0 Å². The summed E-state index contributed by atoms with van der Waals surface area (Å²) in [5, 5.41) is 0. The minimum atomic E-state index is -0.480. The molecule has 1 saturated carbocycles. The summed E-state index contributed by atoms with van der Waals surface area (Å²) in [4.78, 5) is 24.9. The molecule has 0 radical (unpaired) electrons. The van der Waals surface area contributed by atoms with E-state index in [1.807, 2.05) is 30.3 Å². The molecule has 0 bridgehead atoms. The van der Waals surface area contributed by atoms with Crippen molar-refractivity contribution in [2.45, 2.75) is 31.8 Å². The van der Waals surface area contributed by atoms with Crippen LogP contribution in [0.3, 0.4) is 0 Å². The zero-order valence-electron chi connectivity index (χ0n) is 10.7. The van der Waals surface area contributed by atoms with Gasteiger partial charge in [-0.2, -0.15) is 0 Å². The lowest BCUT2D eigenvalue weighted by molar-refractivity contribution is -0.128. The van der Waals surface area contributed by atoms with E-state index in [2.05, 4.69) is 0 Å². The topological polar surface area (TPSA) is 46.6 Å². The summed E-state index contributed by atoms with van der Waals surface area (Å²) in [5.41, 5.74) is 1.12. The molecule has 100 valence electrons. The van der Waals surface area contributed by atoms with E-state index in [1.165, 1.54) is 4.90 Å². The molecule has 1 heterocycles. The molecule has 2 fully saturated rings. The fourth-order valence-electron chi connectivity index (χ4n) is 2.39. The third kappa shape index (κ3) is 2.95. The van der Waals surface area contributed by atoms with Crippen LogP contribution in [0, 0.1) is 5.92 Å². The molecule has 1 aliphatic heterocycles. The highest BCUT2D eigenvalue weighted by Gasteiger charge is 2.37. The molecule has 0 unspecified atom stereocenters. The molecule has 1 saturated heterocycles. The summed E-state index contributed by atoms with van der Waals surface area (Å²) in [5.74, 6) is 0.413. The van der Waals surface area contributed by atoms with Gasteiger partial charge in [-0.25, -0.2) is 9.69 Å². The predicted molar refractivity (Wildman–Crippen MR) is 69.5 cm³/mol. The predicted octanol–water partition coefficient (Wildman–Crippen LogP) is 2.38. The molecule has 2 amide bonds. The van der Waals surface area contributed by atoms with Crippen molar-refractivity contribution >= 4 is 12.0 Å². The second kappa shape index (κ2) is 5.03. The maximum atomic E-state index is 11.9. The highest BCUT2D eigenvalue weighted by molar-refractivity contribution is 5.93. The minimum absolute atomic E-state index is 0.0805. The Morgan fingerprint density at radius 1 is 1.26 bits per heavy atom. The number of carbonyl (C=O) groups is 2. The molecule has 4 nitrogen and oxygen atoms in total. The molecule has 1 atom stereocenters. The Kier molecular flexibility index (Phi) is 3.23. The van der Waals surface area contributed by atoms with Gasteiger partial charge in [0.1, 0.15) is 6.10 Å². The smallest absolute Gasteiger partial charge is 0.416 e. The van der Waals surface area contributed by atoms with Crippen molar-refractivity contribution < 1.29 is 14.3 Å². The van der Waals surface area contributed by atoms with Crippen molar-refractivity contribution in [1.82, 2.24) is 4.90 Å². The first kappa shape index (κ1) is 12.2. The number of ether oxygens (including phenoxy) is 1. The normalized spacial score (nSPS) is 22.4. The number of rotatable bonds is 4. The maximum Gasteiger partial charge on any atom is 0.416 e. The van der Waals surface area contributed by atoms with Gasteiger partial charge in [0.05, 0.1) is 6.54 Å². The van der Waals surface area contributed by atoms with Crippen LogP contribution in [0.25, 0.3) is 0 Å². The van der Waals surface area contributed by atoms with Crippen LogP contribution in [-0.2, 0) is 16.0 Å². The summed E-state index contributed by atoms with van der Waals surface area (Å²) >= 11 is 0. The average Bonchev–Trinajstić information content (AvgIpc) is 3.13. The first-order valence-corrected chi connectivity index (χ1v) is 6.77. The molecule has 0 spiro atoms. The van der Waals surface area contributed by atoms with Crippen LogP contribution in [0.5, 0.6) is 0 Å². The van der Waals surface area contributed by atoms with Crippen molar-refractivity contribution in [3.63, 3.8) is 0 Å². The lowest BCUT2D eigenvalue weighted by Crippen LogP contribution is -2.32. The minimum Gasteiger partial charge on any atom is -0.444 e. The Balaban J connectivity index is 1.58. The van der Waals surface area contributed by atoms with Gasteiger partial charge in [0.15, 0.2) is 0 Å². The third-order valence-electron chi connectivity index (χ3n) is 3.64. The highest BCUT2D eigenvalue weighted by atomic mass is 16.6. The van der Waals surface area contributed by atoms with E-state index in [0.717, 1.165) is 18.4 Å². The third-order valence-corrected chi connectivity index (χ3v) is 3.64. The zero-order chi connectivity index (χ0) is 13.2. The van der Waals surface area contributed by atoms with E-state index in [1.54, 1.807) is 0 Å². The summed E-state index contributed by atoms with van der Waals surface area (Å²) in [7, 11) is 0. The SMILES string of the molecule is O=C(CC1CC1)N1C[C@H](Cc2ccccc2)OC1=O. The largest absolute Gasteiger partial charge is 0.444 e. The number of benzene rings is 1. The van der Waals surface area contributed by atoms with Gasteiger partial charge in [0.25, 0.3) is 0 Å². The van der Waals surface area contributed by atoms with E-state index in [0.29, 0.717) is 25.3 Å². The Bertz CT molecular complexity index is 481. The molecule has 2 aliphatic rings. The van der Waals surface area contributed by atoms with E-state index in [4.69, 9.17) is 4.74 Å². The lowest BCUT2D eigenvalue weighted by atomic mass is 10.1. The van der Waals surface area contributed by atoms with Crippen LogP contribution < -0.4 is 0 Å². The Morgan fingerprint density at radius 3 is 2.68 bits per heavy atom. The Morgan fingerprint density at radius 2 is 2.00 bits per heavy atom. The van der Waals surface area contributed by atoms with Crippen molar-refractivity contribution in [1.29, 1.82) is 0 Å². The Hall–Kier alpha value is -1.84. The zero-order valence-corrected chi connectivity index (χ0v) is 10.7. The number of imide groups is 1. The van der Waals surface area contributed by atoms with E-state index >= 15 is 0 Å². The number of hydrogen-bond acceptors (Lipinski definition) is 3.